The summed E-state index contributed by atoms with van der Waals surface area (Å²) >= 11 is 0. The Kier molecular flexibility index (Phi) is 6.47. The minimum Gasteiger partial charge on any atom is -0.497 e. The number of methoxy groups -OCH3 is 1. The predicted molar refractivity (Wildman–Crippen MR) is 94.2 cm³/mol. The van der Waals surface area contributed by atoms with Gasteiger partial charge in [-0.2, -0.15) is 0 Å². The van der Waals surface area contributed by atoms with Crippen LogP contribution in [0.25, 0.3) is 11.0 Å². The first-order valence-corrected chi connectivity index (χ1v) is 7.45. The lowest BCUT2D eigenvalue weighted by atomic mass is 9.88. The standard InChI is InChI=1S/C17H24N2O3.ClH/c1-11(2)17(3,10-18)19-16(20)7-12-9-22-15-8-13(21-4)5-6-14(12)15;/h5-6,8-9,11H,7,10,18H2,1-4H3,(H,19,20);1H. The number of hydrogen-bond donors (Lipinski definition) is 2. The van der Waals surface area contributed by atoms with Crippen molar-refractivity contribution in [3.63, 3.8) is 0 Å². The topological polar surface area (TPSA) is 77.5 Å². The van der Waals surface area contributed by atoms with Crippen LogP contribution in [0.5, 0.6) is 5.75 Å². The number of fused-ring (bicyclic) bond motifs is 1. The van der Waals surface area contributed by atoms with Crippen LogP contribution in [0.4, 0.5) is 0 Å². The summed E-state index contributed by atoms with van der Waals surface area (Å²) in [6.45, 7) is 6.47. The van der Waals surface area contributed by atoms with Crippen LogP contribution in [0.2, 0.25) is 0 Å². The fraction of sp³-hybridized carbons (Fsp3) is 0.471. The average molecular weight is 341 g/mol. The van der Waals surface area contributed by atoms with E-state index in [1.165, 1.54) is 0 Å². The fourth-order valence-electron chi connectivity index (χ4n) is 2.29. The third kappa shape index (κ3) is 4.18. The van der Waals surface area contributed by atoms with Crippen LogP contribution >= 0.6 is 12.4 Å². The molecular formula is C17H25ClN2O3. The van der Waals surface area contributed by atoms with Gasteiger partial charge in [-0.15, -0.1) is 12.4 Å². The zero-order chi connectivity index (χ0) is 16.3. The first-order valence-electron chi connectivity index (χ1n) is 7.45. The molecule has 1 heterocycles. The van der Waals surface area contributed by atoms with Gasteiger partial charge in [-0.1, -0.05) is 13.8 Å². The maximum Gasteiger partial charge on any atom is 0.225 e. The van der Waals surface area contributed by atoms with E-state index >= 15 is 0 Å². The molecule has 0 spiro atoms. The number of nitrogens with one attached hydrogen (secondary N) is 1. The molecule has 128 valence electrons. The zero-order valence-corrected chi connectivity index (χ0v) is 14.8. The maximum atomic E-state index is 12.3. The van der Waals surface area contributed by atoms with Gasteiger partial charge in [-0.05, 0) is 25.0 Å². The van der Waals surface area contributed by atoms with Crippen molar-refractivity contribution in [3.8, 4) is 5.75 Å². The first-order chi connectivity index (χ1) is 10.4. The number of carbonyl (C=O) groups is 1. The number of amides is 1. The van der Waals surface area contributed by atoms with Gasteiger partial charge >= 0.3 is 0 Å². The Morgan fingerprint density at radius 1 is 1.43 bits per heavy atom. The lowest BCUT2D eigenvalue weighted by Crippen LogP contribution is -2.55. The number of benzene rings is 1. The second-order valence-corrected chi connectivity index (χ2v) is 6.12. The van der Waals surface area contributed by atoms with Crippen LogP contribution in [0, 0.1) is 5.92 Å². The number of nitrogens with two attached hydrogens (primary N) is 1. The van der Waals surface area contributed by atoms with E-state index in [1.807, 2.05) is 39.0 Å². The number of ether oxygens (including phenoxy) is 1. The van der Waals surface area contributed by atoms with Crippen LogP contribution in [0.1, 0.15) is 26.3 Å². The van der Waals surface area contributed by atoms with Crippen LogP contribution in [0.15, 0.2) is 28.9 Å². The summed E-state index contributed by atoms with van der Waals surface area (Å²) in [4.78, 5) is 12.3. The molecule has 0 bridgehead atoms. The fourth-order valence-corrected chi connectivity index (χ4v) is 2.29. The molecule has 3 N–H and O–H groups in total. The van der Waals surface area contributed by atoms with Gasteiger partial charge in [0, 0.05) is 23.6 Å². The molecule has 5 nitrogen and oxygen atoms in total. The monoisotopic (exact) mass is 340 g/mol. The summed E-state index contributed by atoms with van der Waals surface area (Å²) in [5.74, 6) is 0.931. The van der Waals surface area contributed by atoms with E-state index in [2.05, 4.69) is 5.32 Å². The molecule has 0 saturated heterocycles. The Hall–Kier alpha value is -1.72. The minimum absolute atomic E-state index is 0. The molecule has 0 aliphatic carbocycles. The average Bonchev–Trinajstić information content (AvgIpc) is 2.88. The summed E-state index contributed by atoms with van der Waals surface area (Å²) in [6, 6.07) is 5.58. The highest BCUT2D eigenvalue weighted by Crippen LogP contribution is 2.26. The normalized spacial score (nSPS) is 13.5. The third-order valence-corrected chi connectivity index (χ3v) is 4.34. The lowest BCUT2D eigenvalue weighted by molar-refractivity contribution is -0.122. The van der Waals surface area contributed by atoms with Crippen LogP contribution in [0.3, 0.4) is 0 Å². The van der Waals surface area contributed by atoms with Crippen LogP contribution < -0.4 is 15.8 Å². The lowest BCUT2D eigenvalue weighted by Gasteiger charge is -2.33. The molecule has 1 aromatic heterocycles. The molecule has 0 aliphatic rings. The Balaban J connectivity index is 0.00000264. The summed E-state index contributed by atoms with van der Waals surface area (Å²) in [5.41, 5.74) is 6.98. The second-order valence-electron chi connectivity index (χ2n) is 6.12. The van der Waals surface area contributed by atoms with E-state index in [4.69, 9.17) is 14.9 Å². The highest BCUT2D eigenvalue weighted by molar-refractivity contribution is 5.88. The largest absolute Gasteiger partial charge is 0.497 e. The summed E-state index contributed by atoms with van der Waals surface area (Å²) in [5, 5.41) is 3.96. The van der Waals surface area contributed by atoms with Crippen molar-refractivity contribution in [1.29, 1.82) is 0 Å². The Bertz CT molecular complexity index is 669. The maximum absolute atomic E-state index is 12.3. The van der Waals surface area contributed by atoms with E-state index in [0.29, 0.717) is 12.1 Å². The molecule has 1 aromatic carbocycles. The summed E-state index contributed by atoms with van der Waals surface area (Å²) in [7, 11) is 1.61. The smallest absolute Gasteiger partial charge is 0.225 e. The van der Waals surface area contributed by atoms with E-state index in [-0.39, 0.29) is 30.7 Å². The van der Waals surface area contributed by atoms with E-state index in [9.17, 15) is 4.79 Å². The van der Waals surface area contributed by atoms with Gasteiger partial charge in [-0.3, -0.25) is 4.79 Å². The molecular weight excluding hydrogens is 316 g/mol. The van der Waals surface area contributed by atoms with Crippen molar-refractivity contribution in [2.24, 2.45) is 11.7 Å². The molecule has 0 aliphatic heterocycles. The number of carbonyl (C=O) groups excluding carboxylic acids is 1. The summed E-state index contributed by atoms with van der Waals surface area (Å²) in [6.07, 6.45) is 1.89. The van der Waals surface area contributed by atoms with Crippen molar-refractivity contribution >= 4 is 29.3 Å². The van der Waals surface area contributed by atoms with Crippen molar-refractivity contribution in [3.05, 3.63) is 30.0 Å². The number of halogens is 1. The second kappa shape index (κ2) is 7.70. The molecule has 1 amide bonds. The molecule has 2 rings (SSSR count). The Morgan fingerprint density at radius 3 is 2.70 bits per heavy atom. The summed E-state index contributed by atoms with van der Waals surface area (Å²) < 4.78 is 10.7. The molecule has 0 fully saturated rings. The van der Waals surface area contributed by atoms with Crippen LogP contribution in [-0.2, 0) is 11.2 Å². The van der Waals surface area contributed by atoms with Crippen molar-refractivity contribution in [1.82, 2.24) is 5.32 Å². The quantitative estimate of drug-likeness (QED) is 0.847. The highest BCUT2D eigenvalue weighted by atomic mass is 35.5. The van der Waals surface area contributed by atoms with Crippen LogP contribution in [-0.4, -0.2) is 25.1 Å². The Morgan fingerprint density at radius 2 is 2.13 bits per heavy atom. The van der Waals surface area contributed by atoms with Crippen molar-refractivity contribution in [2.75, 3.05) is 13.7 Å². The van der Waals surface area contributed by atoms with Gasteiger partial charge in [0.2, 0.25) is 5.91 Å². The Labute approximate surface area is 143 Å². The molecule has 1 unspecified atom stereocenters. The van der Waals surface area contributed by atoms with Gasteiger partial charge in [-0.25, -0.2) is 0 Å². The molecule has 0 saturated carbocycles. The van der Waals surface area contributed by atoms with Crippen molar-refractivity contribution in [2.45, 2.75) is 32.7 Å². The SMILES string of the molecule is COc1ccc2c(CC(=O)NC(C)(CN)C(C)C)coc2c1.Cl. The van der Waals surface area contributed by atoms with Gasteiger partial charge in [0.1, 0.15) is 11.3 Å². The van der Waals surface area contributed by atoms with Gasteiger partial charge in [0.15, 0.2) is 0 Å². The van der Waals surface area contributed by atoms with E-state index < -0.39 is 5.54 Å². The number of furan rings is 1. The molecule has 23 heavy (non-hydrogen) atoms. The number of rotatable bonds is 6. The molecule has 0 radical (unpaired) electrons. The van der Waals surface area contributed by atoms with Gasteiger partial charge < -0.3 is 20.2 Å². The number of hydrogen-bond acceptors (Lipinski definition) is 4. The first kappa shape index (κ1) is 19.3. The van der Waals surface area contributed by atoms with Gasteiger partial charge in [0.25, 0.3) is 0 Å². The zero-order valence-electron chi connectivity index (χ0n) is 14.0. The van der Waals surface area contributed by atoms with Crippen molar-refractivity contribution < 1.29 is 13.9 Å². The minimum atomic E-state index is -0.403. The highest BCUT2D eigenvalue weighted by Gasteiger charge is 2.28. The molecule has 2 aromatic rings. The predicted octanol–water partition coefficient (Wildman–Crippen LogP) is 2.90. The molecule has 6 heteroatoms. The third-order valence-electron chi connectivity index (χ3n) is 4.34. The molecule has 1 atom stereocenters. The van der Waals surface area contributed by atoms with Gasteiger partial charge in [0.05, 0.1) is 25.3 Å². The van der Waals surface area contributed by atoms with E-state index in [0.717, 1.165) is 16.7 Å². The van der Waals surface area contributed by atoms with E-state index in [1.54, 1.807) is 13.4 Å².